The predicted octanol–water partition coefficient (Wildman–Crippen LogP) is 4.05. The van der Waals surface area contributed by atoms with Gasteiger partial charge in [0.2, 0.25) is 5.91 Å². The summed E-state index contributed by atoms with van der Waals surface area (Å²) in [4.78, 5) is 27.2. The fraction of sp³-hybridized carbons (Fsp3) is 0.300. The number of anilines is 1. The van der Waals surface area contributed by atoms with Crippen LogP contribution in [0.4, 0.5) is 19.0 Å². The number of carbonyl (C=O) groups excluding carboxylic acids is 2. The van der Waals surface area contributed by atoms with Gasteiger partial charge in [0.1, 0.15) is 23.6 Å². The molecule has 33 heavy (non-hydrogen) atoms. The Morgan fingerprint density at radius 1 is 1.42 bits per heavy atom. The number of hydrogen-bond donors (Lipinski definition) is 1. The van der Waals surface area contributed by atoms with Crippen molar-refractivity contribution in [2.45, 2.75) is 25.7 Å². The highest BCUT2D eigenvalue weighted by molar-refractivity contribution is 7.16. The molecule has 13 heteroatoms. The zero-order valence-corrected chi connectivity index (χ0v) is 18.7. The van der Waals surface area contributed by atoms with Crippen LogP contribution >= 0.6 is 22.9 Å². The van der Waals surface area contributed by atoms with Gasteiger partial charge in [0.15, 0.2) is 11.7 Å². The molecule has 2 unspecified atom stereocenters. The molecule has 1 N–H and O–H groups in total. The van der Waals surface area contributed by atoms with Gasteiger partial charge in [0.25, 0.3) is 5.91 Å². The van der Waals surface area contributed by atoms with Crippen molar-refractivity contribution in [3.05, 3.63) is 56.3 Å². The second-order valence-electron chi connectivity index (χ2n) is 7.45. The van der Waals surface area contributed by atoms with Crippen LogP contribution in [0.2, 0.25) is 4.34 Å². The van der Waals surface area contributed by atoms with E-state index in [2.05, 4.69) is 10.4 Å². The van der Waals surface area contributed by atoms with Gasteiger partial charge in [-0.05, 0) is 19.1 Å². The third-order valence-electron chi connectivity index (χ3n) is 5.22. The number of furan rings is 1. The Kier molecular flexibility index (Phi) is 5.71. The van der Waals surface area contributed by atoms with Crippen LogP contribution in [0.15, 0.2) is 29.1 Å². The highest BCUT2D eigenvalue weighted by atomic mass is 35.5. The van der Waals surface area contributed by atoms with E-state index in [1.54, 1.807) is 26.1 Å². The van der Waals surface area contributed by atoms with Crippen molar-refractivity contribution in [1.82, 2.24) is 15.1 Å². The maximum Gasteiger partial charge on any atom is 0.402 e. The van der Waals surface area contributed by atoms with Crippen molar-refractivity contribution in [3.8, 4) is 6.07 Å². The number of amides is 1. The minimum Gasteiger partial charge on any atom is -0.471 e. The smallest absolute Gasteiger partial charge is 0.402 e. The lowest BCUT2D eigenvalue weighted by atomic mass is 9.86. The molecule has 0 spiro atoms. The van der Waals surface area contributed by atoms with Gasteiger partial charge in [0, 0.05) is 17.5 Å². The Balaban J connectivity index is 1.84. The molecule has 1 aliphatic heterocycles. The molecule has 0 aromatic carbocycles. The number of β-lactam (4-membered cyclic amide) rings is 1. The second-order valence-corrected chi connectivity index (χ2v) is 9.25. The van der Waals surface area contributed by atoms with E-state index < -0.39 is 30.0 Å². The summed E-state index contributed by atoms with van der Waals surface area (Å²) in [6, 6.07) is 3.71. The third kappa shape index (κ3) is 3.98. The van der Waals surface area contributed by atoms with E-state index >= 15 is 0 Å². The van der Waals surface area contributed by atoms with Gasteiger partial charge in [-0.15, -0.1) is 11.3 Å². The molecule has 1 saturated heterocycles. The molecule has 8 nitrogen and oxygen atoms in total. The Morgan fingerprint density at radius 2 is 2.15 bits per heavy atom. The minimum atomic E-state index is -4.84. The van der Waals surface area contributed by atoms with Crippen LogP contribution in [-0.4, -0.2) is 34.8 Å². The first-order chi connectivity index (χ1) is 15.5. The number of rotatable bonds is 5. The zero-order valence-electron chi connectivity index (χ0n) is 17.1. The van der Waals surface area contributed by atoms with Gasteiger partial charge >= 0.3 is 6.18 Å². The number of nitrogens with zero attached hydrogens (tertiary/aromatic N) is 4. The van der Waals surface area contributed by atoms with Crippen LogP contribution in [0.5, 0.6) is 0 Å². The van der Waals surface area contributed by atoms with Gasteiger partial charge < -0.3 is 14.6 Å². The van der Waals surface area contributed by atoms with E-state index in [0.717, 1.165) is 9.56 Å². The van der Waals surface area contributed by atoms with Crippen molar-refractivity contribution in [1.29, 1.82) is 5.26 Å². The average Bonchev–Trinajstić information content (AvgIpc) is 3.42. The van der Waals surface area contributed by atoms with Crippen molar-refractivity contribution in [2.24, 2.45) is 5.92 Å². The number of carbonyl (C=O) groups is 2. The minimum absolute atomic E-state index is 0.00954. The summed E-state index contributed by atoms with van der Waals surface area (Å²) in [7, 11) is 1.57. The normalized spacial score (nSPS) is 17.9. The molecule has 4 heterocycles. The number of nitrogens with one attached hydrogen (secondary N) is 1. The average molecular weight is 498 g/mol. The van der Waals surface area contributed by atoms with E-state index in [9.17, 15) is 28.0 Å². The fourth-order valence-electron chi connectivity index (χ4n) is 3.63. The summed E-state index contributed by atoms with van der Waals surface area (Å²) in [6.07, 6.45) is -2.31. The van der Waals surface area contributed by atoms with Gasteiger partial charge in [-0.3, -0.25) is 9.59 Å². The molecule has 4 rings (SSSR count). The first-order valence-electron chi connectivity index (χ1n) is 9.45. The SMILES string of the molecule is Cc1cocc1C(=O)n1nc(C2NC(=O)C2C(F)(F)F)c(C#N)c1N(C)Cc1ccc(Cl)s1. The first-order valence-corrected chi connectivity index (χ1v) is 10.6. The van der Waals surface area contributed by atoms with E-state index in [1.165, 1.54) is 28.8 Å². The third-order valence-corrected chi connectivity index (χ3v) is 6.44. The van der Waals surface area contributed by atoms with Crippen LogP contribution in [0.3, 0.4) is 0 Å². The number of thiophene rings is 1. The summed E-state index contributed by atoms with van der Waals surface area (Å²) in [5, 5.41) is 16.1. The molecule has 0 radical (unpaired) electrons. The Hall–Kier alpha value is -3.30. The van der Waals surface area contributed by atoms with E-state index in [-0.39, 0.29) is 29.2 Å². The molecule has 0 aliphatic carbocycles. The summed E-state index contributed by atoms with van der Waals surface area (Å²) >= 11 is 7.26. The maximum atomic E-state index is 13.4. The number of hydrogen-bond acceptors (Lipinski definition) is 7. The molecule has 1 aliphatic rings. The number of aryl methyl sites for hydroxylation is 1. The number of nitriles is 1. The topological polar surface area (TPSA) is 104 Å². The quantitative estimate of drug-likeness (QED) is 0.533. The van der Waals surface area contributed by atoms with Crippen molar-refractivity contribution in [3.63, 3.8) is 0 Å². The molecule has 2 atom stereocenters. The van der Waals surface area contributed by atoms with Crippen LogP contribution < -0.4 is 10.2 Å². The largest absolute Gasteiger partial charge is 0.471 e. The van der Waals surface area contributed by atoms with E-state index in [0.29, 0.717) is 9.90 Å². The van der Waals surface area contributed by atoms with Gasteiger partial charge in [-0.1, -0.05) is 11.6 Å². The fourth-order valence-corrected chi connectivity index (χ4v) is 4.77. The summed E-state index contributed by atoms with van der Waals surface area (Å²) in [5.74, 6) is -4.28. The number of alkyl halides is 3. The van der Waals surface area contributed by atoms with Gasteiger partial charge in [0.05, 0.1) is 28.7 Å². The lowest BCUT2D eigenvalue weighted by molar-refractivity contribution is -0.205. The van der Waals surface area contributed by atoms with Crippen LogP contribution in [0.1, 0.15) is 38.1 Å². The maximum absolute atomic E-state index is 13.4. The molecule has 3 aromatic heterocycles. The lowest BCUT2D eigenvalue weighted by Crippen LogP contribution is -2.58. The Bertz CT molecular complexity index is 1290. The lowest BCUT2D eigenvalue weighted by Gasteiger charge is -2.36. The van der Waals surface area contributed by atoms with Crippen molar-refractivity contribution < 1.29 is 27.2 Å². The highest BCUT2D eigenvalue weighted by Gasteiger charge is 2.59. The highest BCUT2D eigenvalue weighted by Crippen LogP contribution is 2.44. The molecular weight excluding hydrogens is 483 g/mol. The summed E-state index contributed by atoms with van der Waals surface area (Å²) < 4.78 is 46.8. The zero-order chi connectivity index (χ0) is 24.1. The molecular formula is C20H15ClF3N5O3S. The standard InChI is InChI=1S/C20H15ClF3N5O3S/c1-9-7-32-8-12(9)19(31)29-18(28(2)6-10-3-4-13(21)33-10)11(5-25)15(27-29)16-14(17(30)26-16)20(22,23)24/h3-4,7-8,14,16H,6H2,1-2H3,(H,26,30). The predicted molar refractivity (Wildman–Crippen MR) is 112 cm³/mol. The number of halogens is 4. The van der Waals surface area contributed by atoms with Crippen LogP contribution in [0, 0.1) is 24.2 Å². The van der Waals surface area contributed by atoms with Gasteiger partial charge in [-0.25, -0.2) is 0 Å². The first kappa shape index (κ1) is 22.9. The Labute approximate surface area is 194 Å². The Morgan fingerprint density at radius 3 is 2.67 bits per heavy atom. The number of aromatic nitrogens is 2. The summed E-state index contributed by atoms with van der Waals surface area (Å²) in [5.41, 5.74) is 0.0422. The van der Waals surface area contributed by atoms with Crippen LogP contribution in [0.25, 0.3) is 0 Å². The summed E-state index contributed by atoms with van der Waals surface area (Å²) in [6.45, 7) is 1.82. The molecule has 0 saturated carbocycles. The van der Waals surface area contributed by atoms with Crippen molar-refractivity contribution >= 4 is 40.6 Å². The molecule has 3 aromatic rings. The van der Waals surface area contributed by atoms with E-state index in [1.807, 2.05) is 6.07 Å². The molecule has 1 amide bonds. The van der Waals surface area contributed by atoms with Gasteiger partial charge in [-0.2, -0.15) is 28.2 Å². The van der Waals surface area contributed by atoms with E-state index in [4.69, 9.17) is 16.0 Å². The second kappa shape index (κ2) is 8.24. The molecule has 0 bridgehead atoms. The van der Waals surface area contributed by atoms with Crippen LogP contribution in [-0.2, 0) is 11.3 Å². The van der Waals surface area contributed by atoms with Crippen molar-refractivity contribution in [2.75, 3.05) is 11.9 Å². The molecule has 1 fully saturated rings. The monoisotopic (exact) mass is 497 g/mol. The molecule has 172 valence electrons.